The van der Waals surface area contributed by atoms with Gasteiger partial charge in [-0.1, -0.05) is 12.1 Å². The molecule has 2 aromatic rings. The van der Waals surface area contributed by atoms with E-state index < -0.39 is 11.7 Å². The molecular weight excluding hydrogens is 523 g/mol. The van der Waals surface area contributed by atoms with E-state index in [1.165, 1.54) is 12.1 Å². The highest BCUT2D eigenvalue weighted by Crippen LogP contribution is 2.33. The maximum Gasteiger partial charge on any atom is 0.416 e. The molecule has 0 saturated carbocycles. The fourth-order valence-corrected chi connectivity index (χ4v) is 7.10. The molecule has 0 aliphatic carbocycles. The maximum absolute atomic E-state index is 13.2. The molecule has 39 heavy (non-hydrogen) atoms. The summed E-state index contributed by atoms with van der Waals surface area (Å²) < 4.78 is 39.7. The predicted molar refractivity (Wildman–Crippen MR) is 150 cm³/mol. The van der Waals surface area contributed by atoms with E-state index in [1.54, 1.807) is 6.07 Å². The fraction of sp³-hybridized carbons (Fsp3) is 0.586. The van der Waals surface area contributed by atoms with E-state index in [0.717, 1.165) is 81.9 Å². The summed E-state index contributed by atoms with van der Waals surface area (Å²) in [7, 11) is 0. The number of thioether (sulfide) groups is 1. The van der Waals surface area contributed by atoms with E-state index in [-0.39, 0.29) is 5.91 Å². The Labute approximate surface area is 233 Å². The summed E-state index contributed by atoms with van der Waals surface area (Å²) in [6.45, 7) is 7.44. The first-order valence-electron chi connectivity index (χ1n) is 14.0. The van der Waals surface area contributed by atoms with Crippen molar-refractivity contribution in [1.82, 2.24) is 19.7 Å². The van der Waals surface area contributed by atoms with Gasteiger partial charge in [0.2, 0.25) is 5.91 Å². The summed E-state index contributed by atoms with van der Waals surface area (Å²) in [5, 5.41) is 0. The summed E-state index contributed by atoms with van der Waals surface area (Å²) in [6.07, 6.45) is -0.0411. The highest BCUT2D eigenvalue weighted by Gasteiger charge is 2.36. The largest absolute Gasteiger partial charge is 0.416 e. The Morgan fingerprint density at radius 1 is 0.974 bits per heavy atom. The smallest absolute Gasteiger partial charge is 0.369 e. The lowest BCUT2D eigenvalue weighted by atomic mass is 9.86. The average Bonchev–Trinajstić information content (AvgIpc) is 2.97. The molecule has 2 atom stereocenters. The number of nitrogens with zero attached hydrogens (tertiary/aromatic N) is 5. The number of likely N-dealkylation sites (tertiary alicyclic amines) is 1. The lowest BCUT2D eigenvalue weighted by Gasteiger charge is -2.47. The number of piperazine rings is 1. The van der Waals surface area contributed by atoms with Crippen LogP contribution in [0.3, 0.4) is 0 Å². The number of anilines is 1. The third-order valence-electron chi connectivity index (χ3n) is 8.30. The molecule has 0 N–H and O–H groups in total. The molecule has 10 heteroatoms. The van der Waals surface area contributed by atoms with E-state index in [0.29, 0.717) is 37.2 Å². The topological polar surface area (TPSA) is 42.9 Å². The van der Waals surface area contributed by atoms with Crippen LogP contribution in [0.4, 0.5) is 18.9 Å². The number of benzene rings is 1. The van der Waals surface area contributed by atoms with Gasteiger partial charge in [-0.25, -0.2) is 0 Å². The Kier molecular flexibility index (Phi) is 9.35. The van der Waals surface area contributed by atoms with Crippen LogP contribution in [0.25, 0.3) is 0 Å². The van der Waals surface area contributed by atoms with Crippen LogP contribution in [0, 0.1) is 5.92 Å². The number of amides is 1. The number of hydrogen-bond acceptors (Lipinski definition) is 6. The van der Waals surface area contributed by atoms with E-state index >= 15 is 0 Å². The van der Waals surface area contributed by atoms with E-state index in [4.69, 9.17) is 0 Å². The van der Waals surface area contributed by atoms with Crippen molar-refractivity contribution >= 4 is 23.4 Å². The van der Waals surface area contributed by atoms with E-state index in [9.17, 15) is 18.0 Å². The van der Waals surface area contributed by atoms with Crippen LogP contribution in [0.5, 0.6) is 0 Å². The molecule has 0 radical (unpaired) electrons. The molecule has 1 amide bonds. The summed E-state index contributed by atoms with van der Waals surface area (Å²) >= 11 is 1.91. The number of carbonyl (C=O) groups excluding carboxylic acids is 1. The van der Waals surface area contributed by atoms with Crippen molar-refractivity contribution in [3.63, 3.8) is 0 Å². The van der Waals surface area contributed by atoms with Gasteiger partial charge in [-0.2, -0.15) is 24.9 Å². The molecule has 1 aromatic carbocycles. The van der Waals surface area contributed by atoms with Crippen molar-refractivity contribution in [3.8, 4) is 0 Å². The monoisotopic (exact) mass is 561 g/mol. The third-order valence-corrected chi connectivity index (χ3v) is 9.25. The van der Waals surface area contributed by atoms with Crippen LogP contribution in [0.2, 0.25) is 0 Å². The normalized spacial score (nSPS) is 23.7. The molecule has 3 aliphatic heterocycles. The van der Waals surface area contributed by atoms with Gasteiger partial charge in [-0.15, -0.1) is 0 Å². The first-order valence-corrected chi connectivity index (χ1v) is 15.2. The minimum atomic E-state index is -4.33. The van der Waals surface area contributed by atoms with Crippen molar-refractivity contribution in [2.24, 2.45) is 5.92 Å². The highest BCUT2D eigenvalue weighted by molar-refractivity contribution is 7.99. The molecule has 212 valence electrons. The zero-order chi connectivity index (χ0) is 27.2. The Bertz CT molecular complexity index is 1070. The van der Waals surface area contributed by atoms with Gasteiger partial charge in [0.25, 0.3) is 0 Å². The molecule has 5 rings (SSSR count). The standard InChI is InChI=1S/C29H38F3N5OS/c30-29(31,32)24-4-3-6-26(20-24)35-12-14-36(15-13-35)27-9-11-34(22-25-5-1-2-10-33-25)21-23(27)7-8-28(38)37-16-18-39-19-17-37/h1-6,10,20,23,27H,7-9,11-19,21-22H2/t23-,27+/m0/s1. The van der Waals surface area contributed by atoms with Crippen molar-refractivity contribution in [2.45, 2.75) is 38.0 Å². The van der Waals surface area contributed by atoms with Crippen LogP contribution < -0.4 is 4.90 Å². The summed E-state index contributed by atoms with van der Waals surface area (Å²) in [6, 6.07) is 12.1. The molecule has 4 heterocycles. The molecule has 3 aliphatic rings. The molecule has 0 spiro atoms. The molecule has 0 unspecified atom stereocenters. The van der Waals surface area contributed by atoms with Crippen molar-refractivity contribution in [3.05, 3.63) is 59.9 Å². The van der Waals surface area contributed by atoms with Gasteiger partial charge in [0, 0.05) is 94.8 Å². The van der Waals surface area contributed by atoms with E-state index in [1.807, 2.05) is 35.0 Å². The zero-order valence-corrected chi connectivity index (χ0v) is 23.2. The van der Waals surface area contributed by atoms with Gasteiger partial charge in [-0.05, 0) is 49.1 Å². The second-order valence-electron chi connectivity index (χ2n) is 10.8. The highest BCUT2D eigenvalue weighted by atomic mass is 32.2. The van der Waals surface area contributed by atoms with Gasteiger partial charge in [0.1, 0.15) is 0 Å². The summed E-state index contributed by atoms with van der Waals surface area (Å²) in [5.74, 6) is 2.67. The van der Waals surface area contributed by atoms with Crippen LogP contribution in [-0.2, 0) is 17.5 Å². The number of alkyl halides is 3. The number of carbonyl (C=O) groups is 1. The Balaban J connectivity index is 1.22. The number of aromatic nitrogens is 1. The second kappa shape index (κ2) is 12.9. The van der Waals surface area contributed by atoms with Crippen molar-refractivity contribution in [2.75, 3.05) is 68.8 Å². The quantitative estimate of drug-likeness (QED) is 0.497. The minimum Gasteiger partial charge on any atom is -0.369 e. The number of pyridine rings is 1. The van der Waals surface area contributed by atoms with Gasteiger partial charge in [0.05, 0.1) is 11.3 Å². The third kappa shape index (κ3) is 7.46. The maximum atomic E-state index is 13.2. The minimum absolute atomic E-state index is 0.269. The summed E-state index contributed by atoms with van der Waals surface area (Å²) in [4.78, 5) is 26.6. The lowest BCUT2D eigenvalue weighted by molar-refractivity contribution is -0.137. The zero-order valence-electron chi connectivity index (χ0n) is 22.4. The predicted octanol–water partition coefficient (Wildman–Crippen LogP) is 4.47. The molecule has 1 aromatic heterocycles. The molecular formula is C29H38F3N5OS. The fourth-order valence-electron chi connectivity index (χ4n) is 6.19. The Morgan fingerprint density at radius 3 is 2.49 bits per heavy atom. The molecule has 3 fully saturated rings. The number of halogens is 3. The molecule has 0 bridgehead atoms. The summed E-state index contributed by atoms with van der Waals surface area (Å²) in [5.41, 5.74) is 1.10. The Morgan fingerprint density at radius 2 is 1.77 bits per heavy atom. The average molecular weight is 562 g/mol. The van der Waals surface area contributed by atoms with Gasteiger partial charge in [-0.3, -0.25) is 19.6 Å². The van der Waals surface area contributed by atoms with Crippen LogP contribution in [-0.4, -0.2) is 95.5 Å². The van der Waals surface area contributed by atoms with Gasteiger partial charge in [0.15, 0.2) is 0 Å². The van der Waals surface area contributed by atoms with Crippen LogP contribution in [0.1, 0.15) is 30.5 Å². The second-order valence-corrected chi connectivity index (χ2v) is 12.0. The van der Waals surface area contributed by atoms with Gasteiger partial charge < -0.3 is 9.80 Å². The van der Waals surface area contributed by atoms with Crippen molar-refractivity contribution < 1.29 is 18.0 Å². The van der Waals surface area contributed by atoms with Crippen LogP contribution in [0.15, 0.2) is 48.7 Å². The number of rotatable bonds is 7. The Hall–Kier alpha value is -2.30. The molecule has 3 saturated heterocycles. The molecule has 6 nitrogen and oxygen atoms in total. The number of piperidine rings is 1. The number of hydrogen-bond donors (Lipinski definition) is 0. The van der Waals surface area contributed by atoms with Crippen LogP contribution >= 0.6 is 11.8 Å². The van der Waals surface area contributed by atoms with Gasteiger partial charge >= 0.3 is 6.18 Å². The van der Waals surface area contributed by atoms with Crippen molar-refractivity contribution in [1.29, 1.82) is 0 Å². The lowest BCUT2D eigenvalue weighted by Crippen LogP contribution is -2.56. The van der Waals surface area contributed by atoms with E-state index in [2.05, 4.69) is 25.8 Å². The first kappa shape index (κ1) is 28.2. The SMILES string of the molecule is O=C(CC[C@H]1CN(Cc2ccccn2)CC[C@H]1N1CCN(c2cccc(C(F)(F)F)c2)CC1)N1CCSCC1. The first-order chi connectivity index (χ1) is 18.9.